The number of rotatable bonds is 5. The second-order valence-corrected chi connectivity index (χ2v) is 3.89. The Balaban J connectivity index is 2.80. The number of amides is 1. The van der Waals surface area contributed by atoms with Crippen molar-refractivity contribution in [1.82, 2.24) is 0 Å². The van der Waals surface area contributed by atoms with Gasteiger partial charge in [-0.25, -0.2) is 0 Å². The van der Waals surface area contributed by atoms with Gasteiger partial charge in [-0.3, -0.25) is 9.59 Å². The SMILES string of the molecule is CC(=O)C(Nc1ccc(C(C)O)cc1)C(N)=O. The zero-order valence-corrected chi connectivity index (χ0v) is 9.81. The molecule has 5 heteroatoms. The molecule has 0 fully saturated rings. The van der Waals surface area contributed by atoms with Crippen molar-refractivity contribution in [2.75, 3.05) is 5.32 Å². The van der Waals surface area contributed by atoms with Crippen LogP contribution in [0.15, 0.2) is 24.3 Å². The first-order valence-electron chi connectivity index (χ1n) is 5.26. The molecule has 0 saturated carbocycles. The molecule has 0 bridgehead atoms. The molecule has 0 aromatic heterocycles. The van der Waals surface area contributed by atoms with Crippen molar-refractivity contribution in [1.29, 1.82) is 0 Å². The highest BCUT2D eigenvalue weighted by Gasteiger charge is 2.19. The van der Waals surface area contributed by atoms with Gasteiger partial charge in [0, 0.05) is 5.69 Å². The van der Waals surface area contributed by atoms with Crippen molar-refractivity contribution < 1.29 is 14.7 Å². The van der Waals surface area contributed by atoms with E-state index in [1.54, 1.807) is 31.2 Å². The van der Waals surface area contributed by atoms with Crippen LogP contribution in [0.25, 0.3) is 0 Å². The normalized spacial score (nSPS) is 13.8. The number of carbonyl (C=O) groups excluding carboxylic acids is 2. The summed E-state index contributed by atoms with van der Waals surface area (Å²) in [5.41, 5.74) is 6.46. The van der Waals surface area contributed by atoms with Gasteiger partial charge >= 0.3 is 0 Å². The average Bonchev–Trinajstić information content (AvgIpc) is 2.25. The molecule has 1 aromatic rings. The van der Waals surface area contributed by atoms with Crippen LogP contribution in [0.3, 0.4) is 0 Å². The summed E-state index contributed by atoms with van der Waals surface area (Å²) in [6.07, 6.45) is -0.552. The van der Waals surface area contributed by atoms with Gasteiger partial charge in [0.05, 0.1) is 6.10 Å². The van der Waals surface area contributed by atoms with Crippen molar-refractivity contribution in [3.63, 3.8) is 0 Å². The third kappa shape index (κ3) is 3.57. The lowest BCUT2D eigenvalue weighted by molar-refractivity contribution is -0.126. The van der Waals surface area contributed by atoms with E-state index in [0.29, 0.717) is 5.69 Å². The Bertz CT molecular complexity index is 398. The van der Waals surface area contributed by atoms with Crippen LogP contribution in [0.4, 0.5) is 5.69 Å². The molecular weight excluding hydrogens is 220 g/mol. The van der Waals surface area contributed by atoms with Crippen LogP contribution >= 0.6 is 0 Å². The molecule has 0 saturated heterocycles. The second kappa shape index (κ2) is 5.45. The topological polar surface area (TPSA) is 92.4 Å². The van der Waals surface area contributed by atoms with Gasteiger partial charge in [0.25, 0.3) is 0 Å². The van der Waals surface area contributed by atoms with Crippen LogP contribution in [-0.4, -0.2) is 22.8 Å². The van der Waals surface area contributed by atoms with Crippen molar-refractivity contribution in [3.8, 4) is 0 Å². The maximum Gasteiger partial charge on any atom is 0.247 e. The predicted octanol–water partition coefficient (Wildman–Crippen LogP) is 0.595. The summed E-state index contributed by atoms with van der Waals surface area (Å²) in [7, 11) is 0. The van der Waals surface area contributed by atoms with Crippen LogP contribution in [0, 0.1) is 0 Å². The Morgan fingerprint density at radius 2 is 1.82 bits per heavy atom. The number of carbonyl (C=O) groups is 2. The summed E-state index contributed by atoms with van der Waals surface area (Å²) in [6, 6.07) is 5.77. The molecule has 0 spiro atoms. The smallest absolute Gasteiger partial charge is 0.247 e. The first-order chi connectivity index (χ1) is 7.91. The van der Waals surface area contributed by atoms with E-state index < -0.39 is 18.1 Å². The van der Waals surface area contributed by atoms with Gasteiger partial charge in [0.15, 0.2) is 11.8 Å². The quantitative estimate of drug-likeness (QED) is 0.652. The molecule has 17 heavy (non-hydrogen) atoms. The van der Waals surface area contributed by atoms with E-state index in [0.717, 1.165) is 5.56 Å². The average molecular weight is 236 g/mol. The first kappa shape index (κ1) is 13.2. The van der Waals surface area contributed by atoms with Crippen molar-refractivity contribution in [2.24, 2.45) is 5.73 Å². The number of aliphatic hydroxyl groups excluding tert-OH is 1. The number of aliphatic hydroxyl groups is 1. The summed E-state index contributed by atoms with van der Waals surface area (Å²) >= 11 is 0. The number of Topliss-reactive ketones (excluding diaryl/α,β-unsaturated/α-hetero) is 1. The fourth-order valence-corrected chi connectivity index (χ4v) is 1.40. The molecule has 0 aliphatic heterocycles. The summed E-state index contributed by atoms with van der Waals surface area (Å²) in [5.74, 6) is -1.05. The van der Waals surface area contributed by atoms with Gasteiger partial charge in [0.2, 0.25) is 5.91 Å². The van der Waals surface area contributed by atoms with Gasteiger partial charge in [-0.05, 0) is 31.5 Å². The van der Waals surface area contributed by atoms with Gasteiger partial charge in [-0.2, -0.15) is 0 Å². The van der Waals surface area contributed by atoms with Crippen LogP contribution in [0.5, 0.6) is 0 Å². The number of hydrogen-bond donors (Lipinski definition) is 3. The number of anilines is 1. The standard InChI is InChI=1S/C12H16N2O3/c1-7(15)9-3-5-10(6-4-9)14-11(8(2)16)12(13)17/h3-7,11,14-15H,1-2H3,(H2,13,17). The highest BCUT2D eigenvalue weighted by atomic mass is 16.3. The Kier molecular flexibility index (Phi) is 4.23. The van der Waals surface area contributed by atoms with E-state index in [1.165, 1.54) is 6.92 Å². The van der Waals surface area contributed by atoms with E-state index in [9.17, 15) is 14.7 Å². The molecule has 0 aliphatic carbocycles. The lowest BCUT2D eigenvalue weighted by Gasteiger charge is -2.14. The third-order valence-corrected chi connectivity index (χ3v) is 2.40. The third-order valence-electron chi connectivity index (χ3n) is 2.40. The number of nitrogens with two attached hydrogens (primary N) is 1. The van der Waals surface area contributed by atoms with Crippen molar-refractivity contribution in [2.45, 2.75) is 26.0 Å². The Labute approximate surface area is 99.6 Å². The number of hydrogen-bond acceptors (Lipinski definition) is 4. The monoisotopic (exact) mass is 236 g/mol. The Morgan fingerprint density at radius 1 is 1.29 bits per heavy atom. The van der Waals surface area contributed by atoms with E-state index in [2.05, 4.69) is 5.32 Å². The van der Waals surface area contributed by atoms with Gasteiger partial charge in [-0.15, -0.1) is 0 Å². The minimum Gasteiger partial charge on any atom is -0.389 e. The fourth-order valence-electron chi connectivity index (χ4n) is 1.40. The molecular formula is C12H16N2O3. The van der Waals surface area contributed by atoms with Crippen molar-refractivity contribution in [3.05, 3.63) is 29.8 Å². The minimum atomic E-state index is -1.02. The maximum absolute atomic E-state index is 11.2. The number of benzene rings is 1. The summed E-state index contributed by atoms with van der Waals surface area (Å²) in [4.78, 5) is 22.2. The zero-order chi connectivity index (χ0) is 13.0. The van der Waals surface area contributed by atoms with Crippen LogP contribution in [0.2, 0.25) is 0 Å². The summed E-state index contributed by atoms with van der Waals surface area (Å²) < 4.78 is 0. The summed E-state index contributed by atoms with van der Waals surface area (Å²) in [6.45, 7) is 2.96. The van der Waals surface area contributed by atoms with E-state index >= 15 is 0 Å². The number of primary amides is 1. The second-order valence-electron chi connectivity index (χ2n) is 3.89. The van der Waals surface area contributed by atoms with Gasteiger partial charge in [-0.1, -0.05) is 12.1 Å². The molecule has 1 amide bonds. The molecule has 2 unspecified atom stereocenters. The highest BCUT2D eigenvalue weighted by Crippen LogP contribution is 2.16. The Hall–Kier alpha value is -1.88. The largest absolute Gasteiger partial charge is 0.389 e. The molecule has 2 atom stereocenters. The maximum atomic E-state index is 11.2. The van der Waals surface area contributed by atoms with Crippen LogP contribution < -0.4 is 11.1 Å². The van der Waals surface area contributed by atoms with Crippen molar-refractivity contribution >= 4 is 17.4 Å². The molecule has 1 rings (SSSR count). The number of nitrogens with one attached hydrogen (secondary N) is 1. The van der Waals surface area contributed by atoms with Gasteiger partial charge < -0.3 is 16.2 Å². The van der Waals surface area contributed by atoms with Crippen LogP contribution in [0.1, 0.15) is 25.5 Å². The van der Waals surface area contributed by atoms with E-state index in [1.807, 2.05) is 0 Å². The molecule has 4 N–H and O–H groups in total. The molecule has 0 aliphatic rings. The molecule has 5 nitrogen and oxygen atoms in total. The molecule has 1 aromatic carbocycles. The van der Waals surface area contributed by atoms with E-state index in [-0.39, 0.29) is 5.78 Å². The van der Waals surface area contributed by atoms with Gasteiger partial charge in [0.1, 0.15) is 0 Å². The molecule has 0 heterocycles. The number of ketones is 1. The lowest BCUT2D eigenvalue weighted by atomic mass is 10.1. The minimum absolute atomic E-state index is 0.336. The Morgan fingerprint density at radius 3 is 2.18 bits per heavy atom. The van der Waals surface area contributed by atoms with E-state index in [4.69, 9.17) is 5.73 Å². The zero-order valence-electron chi connectivity index (χ0n) is 9.81. The highest BCUT2D eigenvalue weighted by molar-refractivity contribution is 6.06. The summed E-state index contributed by atoms with van der Waals surface area (Å²) in [5, 5.41) is 12.1. The molecule has 0 radical (unpaired) electrons. The predicted molar refractivity (Wildman–Crippen MR) is 64.4 cm³/mol. The lowest BCUT2D eigenvalue weighted by Crippen LogP contribution is -2.40. The van der Waals surface area contributed by atoms with Crippen LogP contribution in [-0.2, 0) is 9.59 Å². The first-order valence-corrected chi connectivity index (χ1v) is 5.26. The molecule has 92 valence electrons. The fraction of sp³-hybridized carbons (Fsp3) is 0.333.